The van der Waals surface area contributed by atoms with Gasteiger partial charge in [0.1, 0.15) is 17.3 Å². The highest BCUT2D eigenvalue weighted by Gasteiger charge is 2.41. The van der Waals surface area contributed by atoms with E-state index in [2.05, 4.69) is 20.4 Å². The lowest BCUT2D eigenvalue weighted by atomic mass is 9.84. The monoisotopic (exact) mass is 675 g/mol. The van der Waals surface area contributed by atoms with Crippen LogP contribution in [-0.2, 0) is 31.9 Å². The molecule has 0 aliphatic heterocycles. The molecule has 2 amide bonds. The number of esters is 2. The molecule has 12 nitrogen and oxygen atoms in total. The van der Waals surface area contributed by atoms with Crippen LogP contribution in [0.2, 0.25) is 0 Å². The average molecular weight is 676 g/mol. The zero-order valence-electron chi connectivity index (χ0n) is 27.6. The number of carbonyl (C=O) groups is 4. The van der Waals surface area contributed by atoms with Crippen molar-refractivity contribution in [1.82, 2.24) is 4.98 Å². The van der Waals surface area contributed by atoms with Crippen molar-refractivity contribution in [3.05, 3.63) is 126 Å². The maximum Gasteiger partial charge on any atom is 0.412 e. The largest absolute Gasteiger partial charge is 0.440 e. The number of hydrogen-bond donors (Lipinski definition) is 4. The third-order valence-electron chi connectivity index (χ3n) is 7.98. The molecule has 2 atom stereocenters. The lowest BCUT2D eigenvalue weighted by Crippen LogP contribution is -2.51. The van der Waals surface area contributed by atoms with Crippen molar-refractivity contribution in [3.8, 4) is 22.6 Å². The van der Waals surface area contributed by atoms with Gasteiger partial charge in [0.2, 0.25) is 0 Å². The summed E-state index contributed by atoms with van der Waals surface area (Å²) in [5.41, 5.74) is 14.1. The van der Waals surface area contributed by atoms with Gasteiger partial charge in [-0.25, -0.2) is 24.2 Å². The highest BCUT2D eigenvalue weighted by atomic mass is 16.6. The van der Waals surface area contributed by atoms with Gasteiger partial charge in [0, 0.05) is 35.8 Å². The Kier molecular flexibility index (Phi) is 10.9. The van der Waals surface area contributed by atoms with Crippen molar-refractivity contribution in [2.75, 3.05) is 10.6 Å². The van der Waals surface area contributed by atoms with E-state index >= 15 is 0 Å². The summed E-state index contributed by atoms with van der Waals surface area (Å²) in [5.74, 6) is -0.590. The minimum Gasteiger partial charge on any atom is -0.440 e. The highest BCUT2D eigenvalue weighted by molar-refractivity contribution is 5.93. The number of hydrogen-bond acceptors (Lipinski definition) is 10. The van der Waals surface area contributed by atoms with Gasteiger partial charge in [-0.05, 0) is 67.3 Å². The van der Waals surface area contributed by atoms with Gasteiger partial charge in [0.15, 0.2) is 11.7 Å². The first-order chi connectivity index (χ1) is 24.0. The van der Waals surface area contributed by atoms with Gasteiger partial charge in [-0.15, -0.1) is 0 Å². The Morgan fingerprint density at radius 3 is 1.92 bits per heavy atom. The van der Waals surface area contributed by atoms with E-state index in [4.69, 9.17) is 20.6 Å². The molecule has 0 bridgehead atoms. The molecule has 0 fully saturated rings. The summed E-state index contributed by atoms with van der Waals surface area (Å²) < 4.78 is 15.5. The fraction of sp³-hybridized carbons (Fsp3) is 0.184. The Morgan fingerprint density at radius 1 is 0.760 bits per heavy atom. The van der Waals surface area contributed by atoms with E-state index < -0.39 is 35.7 Å². The number of primary amides is 2. The van der Waals surface area contributed by atoms with Crippen LogP contribution in [-0.4, -0.2) is 40.7 Å². The highest BCUT2D eigenvalue weighted by Crippen LogP contribution is 2.35. The van der Waals surface area contributed by atoms with Crippen LogP contribution in [0.4, 0.5) is 21.0 Å². The lowest BCUT2D eigenvalue weighted by Gasteiger charge is -2.33. The number of rotatable bonds is 13. The number of nitrogens with two attached hydrogens (primary N) is 2. The van der Waals surface area contributed by atoms with E-state index in [1.165, 1.54) is 0 Å². The van der Waals surface area contributed by atoms with Crippen LogP contribution in [0, 0.1) is 6.92 Å². The first kappa shape index (κ1) is 34.9. The number of anilines is 2. The summed E-state index contributed by atoms with van der Waals surface area (Å²) in [6, 6.07) is 32.9. The van der Waals surface area contributed by atoms with Crippen LogP contribution in [0.1, 0.15) is 30.4 Å². The van der Waals surface area contributed by atoms with Crippen LogP contribution in [0.15, 0.2) is 114 Å². The molecule has 12 heteroatoms. The number of nitrogens with one attached hydrogen (secondary N) is 2. The zero-order valence-corrected chi connectivity index (χ0v) is 27.6. The molecule has 1 aromatic heterocycles. The second-order valence-corrected chi connectivity index (χ2v) is 11.7. The molecule has 0 aliphatic rings. The molecular weight excluding hydrogens is 638 g/mol. The molecule has 0 unspecified atom stereocenters. The first-order valence-corrected chi connectivity index (χ1v) is 15.8. The van der Waals surface area contributed by atoms with Crippen molar-refractivity contribution in [1.29, 1.82) is 0 Å². The molecule has 4 aromatic carbocycles. The number of aryl methyl sites for hydroxylation is 2. The minimum absolute atomic E-state index is 0.233. The Balaban J connectivity index is 1.41. The van der Waals surface area contributed by atoms with E-state index in [1.807, 2.05) is 97.1 Å². The fourth-order valence-electron chi connectivity index (χ4n) is 5.58. The quantitative estimate of drug-likeness (QED) is 0.0804. The van der Waals surface area contributed by atoms with Crippen molar-refractivity contribution >= 4 is 35.5 Å². The summed E-state index contributed by atoms with van der Waals surface area (Å²) >= 11 is 0. The Bertz CT molecular complexity index is 1950. The van der Waals surface area contributed by atoms with E-state index in [0.717, 1.165) is 22.3 Å². The van der Waals surface area contributed by atoms with Crippen molar-refractivity contribution in [3.63, 3.8) is 0 Å². The number of carbonyl (C=O) groups excluding carboxylic acids is 4. The molecule has 5 rings (SSSR count). The molecule has 0 aliphatic carbocycles. The van der Waals surface area contributed by atoms with E-state index in [0.29, 0.717) is 41.6 Å². The second kappa shape index (κ2) is 15.6. The van der Waals surface area contributed by atoms with Gasteiger partial charge in [0.05, 0.1) is 0 Å². The van der Waals surface area contributed by atoms with Crippen LogP contribution >= 0.6 is 0 Å². The van der Waals surface area contributed by atoms with Gasteiger partial charge in [-0.2, -0.15) is 0 Å². The van der Waals surface area contributed by atoms with Crippen molar-refractivity contribution in [2.45, 2.75) is 44.7 Å². The Hall–Kier alpha value is -6.43. The standard InChI is InChI=1S/C38H37N5O7/c1-24(34(44)49-36(39)46)41-30-17-15-29(16-18-30)33-32(42-25(2)48-33)28-13-19-31(20-14-28)43-38(35(45)50-37(40)47,23-27-11-7-4-8-12-27)22-21-26-9-5-3-6-10-26/h3-20,24,41,43H,21-23H2,1-2H3,(H2,39,46)(H2,40,47)/t24-,38-/m0/s1. The van der Waals surface area contributed by atoms with Crippen LogP contribution in [0.25, 0.3) is 22.6 Å². The molecule has 1 heterocycles. The normalized spacial score (nSPS) is 12.6. The maximum absolute atomic E-state index is 13.7. The molecule has 256 valence electrons. The summed E-state index contributed by atoms with van der Waals surface area (Å²) in [5, 5.41) is 6.35. The third-order valence-corrected chi connectivity index (χ3v) is 7.98. The molecule has 6 N–H and O–H groups in total. The first-order valence-electron chi connectivity index (χ1n) is 15.8. The average Bonchev–Trinajstić information content (AvgIpc) is 3.49. The molecule has 50 heavy (non-hydrogen) atoms. The number of amides is 2. The summed E-state index contributed by atoms with van der Waals surface area (Å²) in [4.78, 5) is 53.0. The number of aromatic nitrogens is 1. The van der Waals surface area contributed by atoms with Crippen LogP contribution in [0.3, 0.4) is 0 Å². The van der Waals surface area contributed by atoms with Gasteiger partial charge >= 0.3 is 24.1 Å². The van der Waals surface area contributed by atoms with Crippen LogP contribution < -0.4 is 22.1 Å². The van der Waals surface area contributed by atoms with E-state index in [9.17, 15) is 19.2 Å². The predicted molar refractivity (Wildman–Crippen MR) is 188 cm³/mol. The molecular formula is C38H37N5O7. The lowest BCUT2D eigenvalue weighted by molar-refractivity contribution is -0.142. The second-order valence-electron chi connectivity index (χ2n) is 11.7. The predicted octanol–water partition coefficient (Wildman–Crippen LogP) is 6.39. The van der Waals surface area contributed by atoms with Gasteiger partial charge in [0.25, 0.3) is 0 Å². The number of benzene rings is 4. The Morgan fingerprint density at radius 2 is 1.32 bits per heavy atom. The minimum atomic E-state index is -1.34. The molecule has 0 radical (unpaired) electrons. The van der Waals surface area contributed by atoms with E-state index in [1.54, 1.807) is 26.0 Å². The van der Waals surface area contributed by atoms with Gasteiger partial charge < -0.3 is 36.0 Å². The molecule has 0 spiro atoms. The SMILES string of the molecule is Cc1nc(-c2ccc(N[C@@](CCc3ccccc3)(Cc3ccccc3)C(=O)OC(N)=O)cc2)c(-c2ccc(N[C@@H](C)C(=O)OC(N)=O)cc2)o1. The topological polar surface area (TPSA) is 189 Å². The summed E-state index contributed by atoms with van der Waals surface area (Å²) in [6.45, 7) is 3.30. The zero-order chi connectivity index (χ0) is 35.7. The third kappa shape index (κ3) is 8.92. The van der Waals surface area contributed by atoms with Gasteiger partial charge in [-0.3, -0.25) is 0 Å². The number of oxazole rings is 1. The van der Waals surface area contributed by atoms with Crippen molar-refractivity contribution in [2.24, 2.45) is 11.5 Å². The Labute approximate surface area is 288 Å². The molecule has 0 saturated carbocycles. The maximum atomic E-state index is 13.7. The van der Waals surface area contributed by atoms with Gasteiger partial charge in [-0.1, -0.05) is 72.8 Å². The fourth-order valence-corrected chi connectivity index (χ4v) is 5.58. The van der Waals surface area contributed by atoms with Crippen molar-refractivity contribution < 1.29 is 33.1 Å². The van der Waals surface area contributed by atoms with Crippen LogP contribution in [0.5, 0.6) is 0 Å². The smallest absolute Gasteiger partial charge is 0.412 e. The molecule has 0 saturated heterocycles. The van der Waals surface area contributed by atoms with E-state index in [-0.39, 0.29) is 6.42 Å². The number of nitrogens with zero attached hydrogens (tertiary/aromatic N) is 1. The summed E-state index contributed by atoms with van der Waals surface area (Å²) in [6.07, 6.45) is -1.28. The molecule has 5 aromatic rings. The number of ether oxygens (including phenoxy) is 2. The summed E-state index contributed by atoms with van der Waals surface area (Å²) in [7, 11) is 0.